The molecule has 0 radical (unpaired) electrons. The van der Waals surface area contributed by atoms with Crippen LogP contribution in [0.3, 0.4) is 0 Å². The number of anilines is 1. The number of ether oxygens (including phenoxy) is 2. The molecule has 0 N–H and O–H groups in total. The minimum atomic E-state index is -0.0116. The van der Waals surface area contributed by atoms with Gasteiger partial charge in [-0.15, -0.1) is 0 Å². The number of rotatable bonds is 7. The highest BCUT2D eigenvalue weighted by atomic mass is 16.5. The Labute approximate surface area is 170 Å². The Balaban J connectivity index is 1.56. The van der Waals surface area contributed by atoms with Gasteiger partial charge >= 0.3 is 0 Å². The van der Waals surface area contributed by atoms with Gasteiger partial charge in [0, 0.05) is 23.5 Å². The molecule has 0 spiro atoms. The van der Waals surface area contributed by atoms with Gasteiger partial charge in [0.25, 0.3) is 5.91 Å². The SMILES string of the molecule is COc1ccc(N(C(=O)c2ccc(Oc3cccnc3)cc2)C(C)C2CC2)cc1. The predicted molar refractivity (Wildman–Crippen MR) is 113 cm³/mol. The summed E-state index contributed by atoms with van der Waals surface area (Å²) in [6.07, 6.45) is 5.68. The van der Waals surface area contributed by atoms with Crippen LogP contribution >= 0.6 is 0 Å². The van der Waals surface area contributed by atoms with E-state index in [1.165, 1.54) is 12.8 Å². The molecule has 4 rings (SSSR count). The fourth-order valence-corrected chi connectivity index (χ4v) is 3.42. The lowest BCUT2D eigenvalue weighted by Crippen LogP contribution is -2.40. The highest BCUT2D eigenvalue weighted by Crippen LogP contribution is 2.38. The molecule has 2 aromatic carbocycles. The summed E-state index contributed by atoms with van der Waals surface area (Å²) in [5.41, 5.74) is 1.51. The fraction of sp³-hybridized carbons (Fsp3) is 0.250. The lowest BCUT2D eigenvalue weighted by molar-refractivity contribution is 0.0975. The maximum atomic E-state index is 13.4. The molecule has 1 unspecified atom stereocenters. The molecule has 1 heterocycles. The summed E-state index contributed by atoms with van der Waals surface area (Å²) in [5.74, 6) is 2.64. The normalized spacial score (nSPS) is 14.1. The van der Waals surface area contributed by atoms with Crippen LogP contribution in [0.4, 0.5) is 5.69 Å². The number of hydrogen-bond acceptors (Lipinski definition) is 4. The Morgan fingerprint density at radius 2 is 1.69 bits per heavy atom. The van der Waals surface area contributed by atoms with Gasteiger partial charge in [-0.05, 0) is 86.3 Å². The average molecular weight is 388 g/mol. The summed E-state index contributed by atoms with van der Waals surface area (Å²) in [6.45, 7) is 2.12. The first kappa shape index (κ1) is 19.0. The van der Waals surface area contributed by atoms with Gasteiger partial charge in [-0.3, -0.25) is 9.78 Å². The van der Waals surface area contributed by atoms with Crippen LogP contribution in [0.2, 0.25) is 0 Å². The van der Waals surface area contributed by atoms with Crippen LogP contribution in [0.5, 0.6) is 17.2 Å². The number of benzene rings is 2. The Hall–Kier alpha value is -3.34. The van der Waals surface area contributed by atoms with E-state index in [9.17, 15) is 4.79 Å². The number of methoxy groups -OCH3 is 1. The highest BCUT2D eigenvalue weighted by Gasteiger charge is 2.35. The van der Waals surface area contributed by atoms with Crippen molar-refractivity contribution >= 4 is 11.6 Å². The number of aromatic nitrogens is 1. The molecule has 1 aromatic heterocycles. The molecule has 0 bridgehead atoms. The molecule has 0 saturated heterocycles. The van der Waals surface area contributed by atoms with Crippen LogP contribution in [0.25, 0.3) is 0 Å². The van der Waals surface area contributed by atoms with E-state index in [1.807, 2.05) is 65.6 Å². The van der Waals surface area contributed by atoms with E-state index in [1.54, 1.807) is 19.5 Å². The van der Waals surface area contributed by atoms with Gasteiger partial charge in [0.15, 0.2) is 0 Å². The van der Waals surface area contributed by atoms with Gasteiger partial charge in [-0.25, -0.2) is 0 Å². The van der Waals surface area contributed by atoms with Gasteiger partial charge in [0.05, 0.1) is 13.3 Å². The minimum absolute atomic E-state index is 0.0116. The Bertz CT molecular complexity index is 952. The number of nitrogens with zero attached hydrogens (tertiary/aromatic N) is 2. The maximum Gasteiger partial charge on any atom is 0.258 e. The van der Waals surface area contributed by atoms with Crippen molar-refractivity contribution in [2.24, 2.45) is 5.92 Å². The summed E-state index contributed by atoms with van der Waals surface area (Å²) < 4.78 is 11.0. The van der Waals surface area contributed by atoms with Crippen molar-refractivity contribution in [1.82, 2.24) is 4.98 Å². The zero-order chi connectivity index (χ0) is 20.2. The van der Waals surface area contributed by atoms with Gasteiger partial charge in [-0.2, -0.15) is 0 Å². The van der Waals surface area contributed by atoms with Crippen molar-refractivity contribution in [3.63, 3.8) is 0 Å². The second-order valence-electron chi connectivity index (χ2n) is 7.27. The largest absolute Gasteiger partial charge is 0.497 e. The fourth-order valence-electron chi connectivity index (χ4n) is 3.42. The average Bonchev–Trinajstić information content (AvgIpc) is 3.61. The van der Waals surface area contributed by atoms with Gasteiger partial charge < -0.3 is 14.4 Å². The van der Waals surface area contributed by atoms with E-state index in [0.29, 0.717) is 23.0 Å². The molecular formula is C24H24N2O3. The molecule has 1 fully saturated rings. The van der Waals surface area contributed by atoms with Crippen LogP contribution in [0.1, 0.15) is 30.1 Å². The van der Waals surface area contributed by atoms with Crippen molar-refractivity contribution in [3.05, 3.63) is 78.6 Å². The first-order valence-electron chi connectivity index (χ1n) is 9.81. The summed E-state index contributed by atoms with van der Waals surface area (Å²) in [6, 6.07) is 18.7. The van der Waals surface area contributed by atoms with Crippen LogP contribution in [0.15, 0.2) is 73.1 Å². The number of hydrogen-bond donors (Lipinski definition) is 0. The Morgan fingerprint density at radius 3 is 2.28 bits per heavy atom. The summed E-state index contributed by atoms with van der Waals surface area (Å²) in [7, 11) is 1.64. The zero-order valence-electron chi connectivity index (χ0n) is 16.6. The van der Waals surface area contributed by atoms with Crippen LogP contribution < -0.4 is 14.4 Å². The second-order valence-corrected chi connectivity index (χ2v) is 7.27. The third kappa shape index (κ3) is 4.40. The molecule has 29 heavy (non-hydrogen) atoms. The second kappa shape index (κ2) is 8.35. The summed E-state index contributed by atoms with van der Waals surface area (Å²) in [4.78, 5) is 19.3. The van der Waals surface area contributed by atoms with E-state index >= 15 is 0 Å². The van der Waals surface area contributed by atoms with E-state index in [4.69, 9.17) is 9.47 Å². The van der Waals surface area contributed by atoms with Crippen molar-refractivity contribution in [3.8, 4) is 17.2 Å². The van der Waals surface area contributed by atoms with Gasteiger partial charge in [0.2, 0.25) is 0 Å². The van der Waals surface area contributed by atoms with Crippen molar-refractivity contribution in [2.45, 2.75) is 25.8 Å². The van der Waals surface area contributed by atoms with Crippen LogP contribution in [-0.4, -0.2) is 24.0 Å². The standard InChI is InChI=1S/C24H24N2O3/c1-17(18-5-6-18)26(20-9-13-21(28-2)14-10-20)24(27)19-7-11-22(12-8-19)29-23-4-3-15-25-16-23/h3-4,7-18H,5-6H2,1-2H3. The van der Waals surface area contributed by atoms with Crippen molar-refractivity contribution in [2.75, 3.05) is 12.0 Å². The Kier molecular flexibility index (Phi) is 5.47. The molecule has 1 aliphatic rings. The molecule has 0 aliphatic heterocycles. The predicted octanol–water partition coefficient (Wildman–Crippen LogP) is 5.33. The summed E-state index contributed by atoms with van der Waals surface area (Å²) >= 11 is 0. The first-order chi connectivity index (χ1) is 14.2. The van der Waals surface area contributed by atoms with Crippen molar-refractivity contribution in [1.29, 1.82) is 0 Å². The number of amides is 1. The molecule has 1 aliphatic carbocycles. The topological polar surface area (TPSA) is 51.7 Å². The molecule has 1 saturated carbocycles. The van der Waals surface area contributed by atoms with Crippen molar-refractivity contribution < 1.29 is 14.3 Å². The molecular weight excluding hydrogens is 364 g/mol. The van der Waals surface area contributed by atoms with E-state index in [-0.39, 0.29) is 11.9 Å². The first-order valence-corrected chi connectivity index (χ1v) is 9.81. The highest BCUT2D eigenvalue weighted by molar-refractivity contribution is 6.06. The smallest absolute Gasteiger partial charge is 0.258 e. The monoisotopic (exact) mass is 388 g/mol. The zero-order valence-corrected chi connectivity index (χ0v) is 16.6. The molecule has 3 aromatic rings. The molecule has 1 amide bonds. The third-order valence-electron chi connectivity index (χ3n) is 5.25. The van der Waals surface area contributed by atoms with Gasteiger partial charge in [-0.1, -0.05) is 0 Å². The molecule has 148 valence electrons. The van der Waals surface area contributed by atoms with E-state index in [0.717, 1.165) is 11.4 Å². The lowest BCUT2D eigenvalue weighted by Gasteiger charge is -2.30. The van der Waals surface area contributed by atoms with Gasteiger partial charge in [0.1, 0.15) is 17.2 Å². The Morgan fingerprint density at radius 1 is 1.00 bits per heavy atom. The third-order valence-corrected chi connectivity index (χ3v) is 5.25. The lowest BCUT2D eigenvalue weighted by atomic mass is 10.1. The van der Waals surface area contributed by atoms with E-state index in [2.05, 4.69) is 11.9 Å². The number of carbonyl (C=O) groups excluding carboxylic acids is 1. The van der Waals surface area contributed by atoms with Crippen LogP contribution in [-0.2, 0) is 0 Å². The molecule has 1 atom stereocenters. The number of pyridine rings is 1. The molecule has 5 heteroatoms. The molecule has 5 nitrogen and oxygen atoms in total. The summed E-state index contributed by atoms with van der Waals surface area (Å²) in [5, 5.41) is 0. The van der Waals surface area contributed by atoms with E-state index < -0.39 is 0 Å². The quantitative estimate of drug-likeness (QED) is 0.549. The van der Waals surface area contributed by atoms with Crippen LogP contribution in [0, 0.1) is 5.92 Å². The minimum Gasteiger partial charge on any atom is -0.497 e. The maximum absolute atomic E-state index is 13.4. The number of carbonyl (C=O) groups is 1.